The Hall–Kier alpha value is -1.50. The molecule has 0 aromatic heterocycles. The molecule has 0 amide bonds. The van der Waals surface area contributed by atoms with E-state index in [2.05, 4.69) is 17.3 Å². The van der Waals surface area contributed by atoms with Gasteiger partial charge in [0.1, 0.15) is 5.75 Å². The smallest absolute Gasteiger partial charge is 0.120 e. The Morgan fingerprint density at radius 3 is 2.76 bits per heavy atom. The molecule has 0 aliphatic rings. The summed E-state index contributed by atoms with van der Waals surface area (Å²) in [6.45, 7) is 5.84. The number of benzene rings is 1. The molecule has 1 aromatic carbocycles. The highest BCUT2D eigenvalue weighted by molar-refractivity contribution is 5.31. The molecule has 3 nitrogen and oxygen atoms in total. The Labute approximate surface area is 103 Å². The van der Waals surface area contributed by atoms with Gasteiger partial charge in [-0.05, 0) is 38.5 Å². The minimum atomic E-state index is 0.0400. The van der Waals surface area contributed by atoms with Gasteiger partial charge in [0.2, 0.25) is 0 Å². The zero-order valence-corrected chi connectivity index (χ0v) is 10.7. The van der Waals surface area contributed by atoms with E-state index < -0.39 is 0 Å². The molecule has 0 fully saturated rings. The van der Waals surface area contributed by atoms with Crippen molar-refractivity contribution in [3.63, 3.8) is 0 Å². The van der Waals surface area contributed by atoms with Crippen LogP contribution in [0, 0.1) is 11.8 Å². The molecule has 1 rings (SSSR count). The fraction of sp³-hybridized carbons (Fsp3) is 0.429. The van der Waals surface area contributed by atoms with Gasteiger partial charge in [0, 0.05) is 6.42 Å². The van der Waals surface area contributed by atoms with Gasteiger partial charge in [0.25, 0.3) is 0 Å². The van der Waals surface area contributed by atoms with Gasteiger partial charge in [-0.2, -0.15) is 0 Å². The molecule has 1 atom stereocenters. The summed E-state index contributed by atoms with van der Waals surface area (Å²) in [7, 11) is 0. The Morgan fingerprint density at radius 1 is 1.41 bits per heavy atom. The van der Waals surface area contributed by atoms with Crippen LogP contribution in [0.25, 0.3) is 0 Å². The minimum absolute atomic E-state index is 0.0400. The van der Waals surface area contributed by atoms with Crippen LogP contribution in [0.3, 0.4) is 0 Å². The van der Waals surface area contributed by atoms with E-state index in [1.165, 1.54) is 0 Å². The van der Waals surface area contributed by atoms with E-state index >= 15 is 0 Å². The van der Waals surface area contributed by atoms with E-state index in [1.807, 2.05) is 45.0 Å². The molecule has 0 heterocycles. The average molecular weight is 232 g/mol. The topological polar surface area (TPSA) is 47.3 Å². The predicted octanol–water partition coefficient (Wildman–Crippen LogP) is 2.39. The second kappa shape index (κ2) is 6.95. The number of ether oxygens (including phenoxy) is 1. The first kappa shape index (κ1) is 13.6. The third-order valence-corrected chi connectivity index (χ3v) is 2.32. The molecule has 0 radical (unpaired) electrons. The van der Waals surface area contributed by atoms with Crippen LogP contribution in [0.5, 0.6) is 5.75 Å². The quantitative estimate of drug-likeness (QED) is 0.465. The summed E-state index contributed by atoms with van der Waals surface area (Å²) >= 11 is 0. The lowest BCUT2D eigenvalue weighted by Crippen LogP contribution is -2.27. The highest BCUT2D eigenvalue weighted by Gasteiger charge is 2.09. The minimum Gasteiger partial charge on any atom is -0.491 e. The fourth-order valence-electron chi connectivity index (χ4n) is 1.55. The average Bonchev–Trinajstić information content (AvgIpc) is 2.30. The number of hydrazine groups is 1. The third-order valence-electron chi connectivity index (χ3n) is 2.32. The molecule has 92 valence electrons. The monoisotopic (exact) mass is 232 g/mol. The van der Waals surface area contributed by atoms with Gasteiger partial charge >= 0.3 is 0 Å². The molecule has 1 unspecified atom stereocenters. The number of hydrogen-bond acceptors (Lipinski definition) is 3. The zero-order valence-electron chi connectivity index (χ0n) is 10.7. The molecule has 0 saturated heterocycles. The van der Waals surface area contributed by atoms with Crippen LogP contribution in [0.15, 0.2) is 24.3 Å². The van der Waals surface area contributed by atoms with Crippen molar-refractivity contribution in [3.05, 3.63) is 29.8 Å². The van der Waals surface area contributed by atoms with Crippen LogP contribution >= 0.6 is 0 Å². The first-order valence-electron chi connectivity index (χ1n) is 5.79. The lowest BCUT2D eigenvalue weighted by atomic mass is 10.0. The molecule has 3 heteroatoms. The van der Waals surface area contributed by atoms with Crippen LogP contribution in [0.1, 0.15) is 38.8 Å². The fourth-order valence-corrected chi connectivity index (χ4v) is 1.55. The number of nitrogens with one attached hydrogen (secondary N) is 1. The van der Waals surface area contributed by atoms with Crippen molar-refractivity contribution in [3.8, 4) is 17.6 Å². The van der Waals surface area contributed by atoms with Crippen molar-refractivity contribution in [2.24, 2.45) is 5.84 Å². The zero-order chi connectivity index (χ0) is 12.7. The standard InChI is InChI=1S/C14H20N2O/c1-4-5-9-14(16-15)12-7-6-8-13(10-12)17-11(2)3/h6-8,10-11,14,16H,9,15H2,1-3H3. The van der Waals surface area contributed by atoms with E-state index in [4.69, 9.17) is 10.6 Å². The van der Waals surface area contributed by atoms with E-state index in [1.54, 1.807) is 0 Å². The molecule has 0 aliphatic heterocycles. The van der Waals surface area contributed by atoms with Crippen molar-refractivity contribution in [2.75, 3.05) is 0 Å². The molecule has 0 aliphatic carbocycles. The molecule has 17 heavy (non-hydrogen) atoms. The van der Waals surface area contributed by atoms with Crippen LogP contribution in [-0.2, 0) is 0 Å². The van der Waals surface area contributed by atoms with Crippen molar-refractivity contribution in [1.82, 2.24) is 5.43 Å². The Morgan fingerprint density at radius 2 is 2.18 bits per heavy atom. The molecular weight excluding hydrogens is 212 g/mol. The molecule has 1 aromatic rings. The molecular formula is C14H20N2O. The summed E-state index contributed by atoms with van der Waals surface area (Å²) in [6.07, 6.45) is 0.864. The summed E-state index contributed by atoms with van der Waals surface area (Å²) in [6, 6.07) is 7.98. The Balaban J connectivity index is 2.83. The van der Waals surface area contributed by atoms with Gasteiger partial charge in [-0.1, -0.05) is 12.1 Å². The van der Waals surface area contributed by atoms with Crippen LogP contribution < -0.4 is 16.0 Å². The van der Waals surface area contributed by atoms with E-state index in [0.717, 1.165) is 11.3 Å². The lowest BCUT2D eigenvalue weighted by molar-refractivity contribution is 0.242. The molecule has 0 bridgehead atoms. The lowest BCUT2D eigenvalue weighted by Gasteiger charge is -2.16. The van der Waals surface area contributed by atoms with Gasteiger partial charge in [0.15, 0.2) is 0 Å². The number of hydrogen-bond donors (Lipinski definition) is 2. The summed E-state index contributed by atoms with van der Waals surface area (Å²) in [4.78, 5) is 0. The predicted molar refractivity (Wildman–Crippen MR) is 70.3 cm³/mol. The van der Waals surface area contributed by atoms with Crippen molar-refractivity contribution < 1.29 is 4.74 Å². The third kappa shape index (κ3) is 4.48. The maximum Gasteiger partial charge on any atom is 0.120 e. The van der Waals surface area contributed by atoms with Crippen LogP contribution in [0.4, 0.5) is 0 Å². The van der Waals surface area contributed by atoms with E-state index in [-0.39, 0.29) is 12.1 Å². The van der Waals surface area contributed by atoms with E-state index in [0.29, 0.717) is 6.42 Å². The summed E-state index contributed by atoms with van der Waals surface area (Å²) < 4.78 is 5.65. The van der Waals surface area contributed by atoms with Crippen molar-refractivity contribution >= 4 is 0 Å². The number of nitrogens with two attached hydrogens (primary N) is 1. The first-order valence-corrected chi connectivity index (χ1v) is 5.79. The first-order chi connectivity index (χ1) is 8.17. The highest BCUT2D eigenvalue weighted by Crippen LogP contribution is 2.21. The van der Waals surface area contributed by atoms with Gasteiger partial charge in [-0.15, -0.1) is 11.8 Å². The van der Waals surface area contributed by atoms with Gasteiger partial charge in [-0.3, -0.25) is 11.3 Å². The molecule has 3 N–H and O–H groups in total. The van der Waals surface area contributed by atoms with Gasteiger partial charge in [0.05, 0.1) is 12.1 Å². The largest absolute Gasteiger partial charge is 0.491 e. The van der Waals surface area contributed by atoms with Crippen LogP contribution in [-0.4, -0.2) is 6.10 Å². The van der Waals surface area contributed by atoms with Crippen molar-refractivity contribution in [1.29, 1.82) is 0 Å². The van der Waals surface area contributed by atoms with Gasteiger partial charge < -0.3 is 4.74 Å². The second-order valence-electron chi connectivity index (χ2n) is 4.09. The highest BCUT2D eigenvalue weighted by atomic mass is 16.5. The summed E-state index contributed by atoms with van der Waals surface area (Å²) in [5.74, 6) is 12.3. The SMILES string of the molecule is CC#CCC(NN)c1cccc(OC(C)C)c1. The number of rotatable bonds is 5. The molecule has 0 spiro atoms. The maximum atomic E-state index is 5.65. The van der Waals surface area contributed by atoms with E-state index in [9.17, 15) is 0 Å². The molecule has 0 saturated carbocycles. The summed E-state index contributed by atoms with van der Waals surface area (Å²) in [5, 5.41) is 0. The van der Waals surface area contributed by atoms with Crippen molar-refractivity contribution in [2.45, 2.75) is 39.3 Å². The summed E-state index contributed by atoms with van der Waals surface area (Å²) in [5.41, 5.74) is 3.87. The maximum absolute atomic E-state index is 5.65. The normalized spacial score (nSPS) is 11.8. The van der Waals surface area contributed by atoms with Crippen LogP contribution in [0.2, 0.25) is 0 Å². The Kier molecular flexibility index (Phi) is 5.55. The Bertz CT molecular complexity index is 404. The van der Waals surface area contributed by atoms with Gasteiger partial charge in [-0.25, -0.2) is 0 Å². The second-order valence-corrected chi connectivity index (χ2v) is 4.09.